The van der Waals surface area contributed by atoms with Gasteiger partial charge in [-0.25, -0.2) is 0 Å². The fourth-order valence-corrected chi connectivity index (χ4v) is 2.65. The van der Waals surface area contributed by atoms with Crippen LogP contribution in [0.25, 0.3) is 0 Å². The zero-order chi connectivity index (χ0) is 14.2. The summed E-state index contributed by atoms with van der Waals surface area (Å²) in [5.41, 5.74) is 7.30. The van der Waals surface area contributed by atoms with Gasteiger partial charge >= 0.3 is 4.87 Å². The van der Waals surface area contributed by atoms with Crippen LogP contribution in [0.4, 0.5) is 11.4 Å². The molecule has 0 aliphatic carbocycles. The van der Waals surface area contributed by atoms with Crippen LogP contribution in [0, 0.1) is 24.0 Å². The van der Waals surface area contributed by atoms with Crippen molar-refractivity contribution in [1.82, 2.24) is 4.57 Å². The maximum atomic E-state index is 11.8. The number of anilines is 1. The predicted octanol–water partition coefficient (Wildman–Crippen LogP) is 2.07. The van der Waals surface area contributed by atoms with E-state index in [2.05, 4.69) is 0 Å². The maximum Gasteiger partial charge on any atom is 0.307 e. The molecule has 0 radical (unpaired) electrons. The molecule has 0 amide bonds. The maximum absolute atomic E-state index is 11.8. The number of nitro benzene ring substituents is 1. The molecule has 2 rings (SSSR count). The Hall–Kier alpha value is -2.15. The van der Waals surface area contributed by atoms with Gasteiger partial charge in [0.15, 0.2) is 0 Å². The summed E-state index contributed by atoms with van der Waals surface area (Å²) in [6.07, 6.45) is 0. The van der Waals surface area contributed by atoms with Crippen molar-refractivity contribution in [2.45, 2.75) is 20.4 Å². The molecule has 0 spiro atoms. The van der Waals surface area contributed by atoms with E-state index in [1.165, 1.54) is 23.5 Å². The average Bonchev–Trinajstić information content (AvgIpc) is 2.56. The number of hydrogen-bond acceptors (Lipinski definition) is 5. The summed E-state index contributed by atoms with van der Waals surface area (Å²) < 4.78 is 1.64. The second-order valence-electron chi connectivity index (χ2n) is 4.25. The third kappa shape index (κ3) is 2.50. The summed E-state index contributed by atoms with van der Waals surface area (Å²) in [7, 11) is 0. The van der Waals surface area contributed by atoms with Crippen LogP contribution in [0.2, 0.25) is 0 Å². The van der Waals surface area contributed by atoms with E-state index in [0.717, 1.165) is 16.1 Å². The third-order valence-corrected chi connectivity index (χ3v) is 4.00. The zero-order valence-electron chi connectivity index (χ0n) is 10.5. The van der Waals surface area contributed by atoms with Crippen molar-refractivity contribution in [3.63, 3.8) is 0 Å². The molecule has 0 aliphatic rings. The van der Waals surface area contributed by atoms with Gasteiger partial charge in [0.1, 0.15) is 5.69 Å². The highest BCUT2D eigenvalue weighted by Gasteiger charge is 2.13. The Kier molecular flexibility index (Phi) is 3.39. The lowest BCUT2D eigenvalue weighted by Crippen LogP contribution is -2.15. The summed E-state index contributed by atoms with van der Waals surface area (Å²) in [6.45, 7) is 4.14. The summed E-state index contributed by atoms with van der Waals surface area (Å²) in [5.74, 6) is 0. The van der Waals surface area contributed by atoms with Gasteiger partial charge in [-0.3, -0.25) is 19.5 Å². The van der Waals surface area contributed by atoms with Crippen molar-refractivity contribution in [3.05, 3.63) is 54.1 Å². The fraction of sp³-hybridized carbons (Fsp3) is 0.250. The summed E-state index contributed by atoms with van der Waals surface area (Å²) >= 11 is 1.20. The van der Waals surface area contributed by atoms with Gasteiger partial charge in [0, 0.05) is 16.6 Å². The number of nitrogens with two attached hydrogens (primary N) is 1. The second kappa shape index (κ2) is 4.85. The molecule has 7 heteroatoms. The molecular formula is C12H13N3O3S. The van der Waals surface area contributed by atoms with Gasteiger partial charge in [0.05, 0.1) is 11.5 Å². The summed E-state index contributed by atoms with van der Waals surface area (Å²) in [5, 5.41) is 10.7. The largest absolute Gasteiger partial charge is 0.393 e. The molecule has 1 aromatic heterocycles. The highest BCUT2D eigenvalue weighted by Crippen LogP contribution is 2.23. The van der Waals surface area contributed by atoms with Crippen molar-refractivity contribution in [2.75, 3.05) is 5.73 Å². The van der Waals surface area contributed by atoms with Gasteiger partial charge in [0.25, 0.3) is 5.69 Å². The van der Waals surface area contributed by atoms with Crippen LogP contribution < -0.4 is 10.6 Å². The molecule has 0 saturated heterocycles. The second-order valence-corrected chi connectivity index (χ2v) is 5.41. The first-order valence-electron chi connectivity index (χ1n) is 5.59. The minimum atomic E-state index is -0.523. The SMILES string of the molecule is Cc1sc(=O)n(Cc2ccc([N+](=O)[O-])c(N)c2)c1C. The Balaban J connectivity index is 2.37. The average molecular weight is 279 g/mol. The first kappa shape index (κ1) is 13.3. The summed E-state index contributed by atoms with van der Waals surface area (Å²) in [6, 6.07) is 4.52. The molecule has 6 nitrogen and oxygen atoms in total. The minimum Gasteiger partial charge on any atom is -0.393 e. The van der Waals surface area contributed by atoms with Crippen molar-refractivity contribution >= 4 is 22.7 Å². The van der Waals surface area contributed by atoms with Gasteiger partial charge in [-0.05, 0) is 25.5 Å². The van der Waals surface area contributed by atoms with Crippen LogP contribution in [0.1, 0.15) is 16.1 Å². The lowest BCUT2D eigenvalue weighted by atomic mass is 10.1. The number of nitro groups is 1. The molecule has 0 atom stereocenters. The van der Waals surface area contributed by atoms with Crippen LogP contribution in [0.5, 0.6) is 0 Å². The van der Waals surface area contributed by atoms with E-state index in [0.29, 0.717) is 6.54 Å². The van der Waals surface area contributed by atoms with Crippen LogP contribution in [0.15, 0.2) is 23.0 Å². The molecule has 0 aliphatic heterocycles. The Bertz CT molecular complexity index is 703. The van der Waals surface area contributed by atoms with Crippen molar-refractivity contribution in [2.24, 2.45) is 0 Å². The molecule has 1 aromatic carbocycles. The molecule has 1 heterocycles. The fourth-order valence-electron chi connectivity index (χ4n) is 1.82. The number of aromatic nitrogens is 1. The quantitative estimate of drug-likeness (QED) is 0.529. The molecular weight excluding hydrogens is 266 g/mol. The molecule has 0 fully saturated rings. The monoisotopic (exact) mass is 279 g/mol. The van der Waals surface area contributed by atoms with E-state index in [1.807, 2.05) is 13.8 Å². The van der Waals surface area contributed by atoms with Gasteiger partial charge in [-0.2, -0.15) is 0 Å². The number of rotatable bonds is 3. The van der Waals surface area contributed by atoms with E-state index < -0.39 is 4.92 Å². The molecule has 19 heavy (non-hydrogen) atoms. The molecule has 2 aromatic rings. The highest BCUT2D eigenvalue weighted by atomic mass is 32.1. The number of benzene rings is 1. The van der Waals surface area contributed by atoms with E-state index >= 15 is 0 Å². The topological polar surface area (TPSA) is 91.2 Å². The zero-order valence-corrected chi connectivity index (χ0v) is 11.4. The number of aryl methyl sites for hydroxylation is 1. The Morgan fingerprint density at radius 1 is 1.42 bits per heavy atom. The molecule has 0 saturated carbocycles. The number of hydrogen-bond donors (Lipinski definition) is 1. The van der Waals surface area contributed by atoms with E-state index in [-0.39, 0.29) is 16.2 Å². The number of thiazole rings is 1. The predicted molar refractivity (Wildman–Crippen MR) is 74.7 cm³/mol. The molecule has 0 bridgehead atoms. The molecule has 2 N–H and O–H groups in total. The Morgan fingerprint density at radius 2 is 2.11 bits per heavy atom. The van der Waals surface area contributed by atoms with Gasteiger partial charge in [-0.1, -0.05) is 17.4 Å². The normalized spacial score (nSPS) is 10.6. The highest BCUT2D eigenvalue weighted by molar-refractivity contribution is 7.09. The van der Waals surface area contributed by atoms with Gasteiger partial charge < -0.3 is 5.73 Å². The lowest BCUT2D eigenvalue weighted by Gasteiger charge is -2.06. The van der Waals surface area contributed by atoms with Crippen LogP contribution in [-0.4, -0.2) is 9.49 Å². The first-order valence-corrected chi connectivity index (χ1v) is 6.41. The smallest absolute Gasteiger partial charge is 0.307 e. The van der Waals surface area contributed by atoms with Crippen LogP contribution in [-0.2, 0) is 6.54 Å². The summed E-state index contributed by atoms with van der Waals surface area (Å²) in [4.78, 5) is 22.9. The van der Waals surface area contributed by atoms with E-state index in [1.54, 1.807) is 10.6 Å². The Labute approximate surface area is 113 Å². The van der Waals surface area contributed by atoms with Crippen LogP contribution in [0.3, 0.4) is 0 Å². The van der Waals surface area contributed by atoms with Crippen molar-refractivity contribution in [3.8, 4) is 0 Å². The van der Waals surface area contributed by atoms with Crippen LogP contribution >= 0.6 is 11.3 Å². The first-order chi connectivity index (χ1) is 8.90. The van der Waals surface area contributed by atoms with Gasteiger partial charge in [0.2, 0.25) is 0 Å². The number of nitrogens with zero attached hydrogens (tertiary/aromatic N) is 2. The van der Waals surface area contributed by atoms with Crippen molar-refractivity contribution < 1.29 is 4.92 Å². The third-order valence-electron chi connectivity index (χ3n) is 3.00. The lowest BCUT2D eigenvalue weighted by molar-refractivity contribution is -0.383. The number of nitrogen functional groups attached to an aromatic ring is 1. The van der Waals surface area contributed by atoms with Gasteiger partial charge in [-0.15, -0.1) is 0 Å². The molecule has 0 unspecified atom stereocenters. The standard InChI is InChI=1S/C12H13N3O3S/c1-7-8(2)19-12(16)14(7)6-9-3-4-11(15(17)18)10(13)5-9/h3-5H,6,13H2,1-2H3. The van der Waals surface area contributed by atoms with E-state index in [9.17, 15) is 14.9 Å². The minimum absolute atomic E-state index is 0.0353. The van der Waals surface area contributed by atoms with E-state index in [4.69, 9.17) is 5.73 Å². The van der Waals surface area contributed by atoms with Crippen molar-refractivity contribution in [1.29, 1.82) is 0 Å². The molecule has 100 valence electrons. The Morgan fingerprint density at radius 3 is 2.58 bits per heavy atom.